The van der Waals surface area contributed by atoms with Crippen molar-refractivity contribution < 1.29 is 14.0 Å². The summed E-state index contributed by atoms with van der Waals surface area (Å²) in [4.78, 5) is 26.0. The molecular weight excluding hydrogens is 307 g/mol. The summed E-state index contributed by atoms with van der Waals surface area (Å²) < 4.78 is 13.7. The summed E-state index contributed by atoms with van der Waals surface area (Å²) in [6.07, 6.45) is 0. The maximum Gasteiger partial charge on any atom is 0.251 e. The number of halogens is 1. The molecule has 1 N–H and O–H groups in total. The summed E-state index contributed by atoms with van der Waals surface area (Å²) in [5, 5.41) is 2.68. The molecule has 1 unspecified atom stereocenters. The van der Waals surface area contributed by atoms with Gasteiger partial charge < -0.3 is 10.2 Å². The Kier molecular flexibility index (Phi) is 5.68. The molecule has 0 fully saturated rings. The van der Waals surface area contributed by atoms with Crippen LogP contribution in [0.4, 0.5) is 4.39 Å². The maximum absolute atomic E-state index is 13.7. The van der Waals surface area contributed by atoms with Gasteiger partial charge >= 0.3 is 0 Å². The third-order valence-corrected chi connectivity index (χ3v) is 3.74. The van der Waals surface area contributed by atoms with Crippen LogP contribution in [0.2, 0.25) is 0 Å². The van der Waals surface area contributed by atoms with Crippen LogP contribution in [0.15, 0.2) is 48.5 Å². The van der Waals surface area contributed by atoms with E-state index in [1.807, 2.05) is 13.0 Å². The zero-order chi connectivity index (χ0) is 17.7. The van der Waals surface area contributed by atoms with Crippen LogP contribution in [0.5, 0.6) is 0 Å². The van der Waals surface area contributed by atoms with Crippen molar-refractivity contribution in [3.8, 4) is 0 Å². The van der Waals surface area contributed by atoms with Gasteiger partial charge in [-0.2, -0.15) is 0 Å². The summed E-state index contributed by atoms with van der Waals surface area (Å²) in [6.45, 7) is 3.66. The summed E-state index contributed by atoms with van der Waals surface area (Å²) in [5.74, 6) is -0.938. The summed E-state index contributed by atoms with van der Waals surface area (Å²) >= 11 is 0. The minimum absolute atomic E-state index is 0.149. The molecule has 0 saturated heterocycles. The van der Waals surface area contributed by atoms with Crippen molar-refractivity contribution >= 4 is 11.8 Å². The lowest BCUT2D eigenvalue weighted by atomic mass is 10.1. The molecule has 4 nitrogen and oxygen atoms in total. The van der Waals surface area contributed by atoms with Gasteiger partial charge in [-0.05, 0) is 32.0 Å². The van der Waals surface area contributed by atoms with Crippen LogP contribution in [-0.2, 0) is 11.3 Å². The molecule has 0 spiro atoms. The number of benzene rings is 2. The van der Waals surface area contributed by atoms with Crippen LogP contribution in [0.25, 0.3) is 0 Å². The number of hydrogen-bond donors (Lipinski definition) is 1. The summed E-state index contributed by atoms with van der Waals surface area (Å²) in [7, 11) is 1.59. The second-order valence-corrected chi connectivity index (χ2v) is 5.85. The van der Waals surface area contributed by atoms with E-state index in [1.54, 1.807) is 50.4 Å². The first-order valence-electron chi connectivity index (χ1n) is 7.74. The van der Waals surface area contributed by atoms with E-state index in [0.29, 0.717) is 11.1 Å². The van der Waals surface area contributed by atoms with Gasteiger partial charge in [0.15, 0.2) is 0 Å². The molecule has 0 radical (unpaired) electrons. The van der Waals surface area contributed by atoms with Gasteiger partial charge in [0.2, 0.25) is 5.91 Å². The molecule has 0 aliphatic heterocycles. The van der Waals surface area contributed by atoms with Crippen molar-refractivity contribution in [2.75, 3.05) is 7.05 Å². The minimum atomic E-state index is -0.699. The smallest absolute Gasteiger partial charge is 0.251 e. The maximum atomic E-state index is 13.7. The Morgan fingerprint density at radius 3 is 2.54 bits per heavy atom. The molecule has 0 bridgehead atoms. The van der Waals surface area contributed by atoms with E-state index in [9.17, 15) is 14.0 Å². The van der Waals surface area contributed by atoms with E-state index < -0.39 is 6.04 Å². The van der Waals surface area contributed by atoms with Crippen molar-refractivity contribution in [3.63, 3.8) is 0 Å². The zero-order valence-electron chi connectivity index (χ0n) is 14.0. The molecule has 0 aliphatic rings. The first kappa shape index (κ1) is 17.7. The van der Waals surface area contributed by atoms with Gasteiger partial charge in [-0.15, -0.1) is 0 Å². The van der Waals surface area contributed by atoms with Gasteiger partial charge in [-0.3, -0.25) is 9.59 Å². The number of rotatable bonds is 5. The van der Waals surface area contributed by atoms with Crippen molar-refractivity contribution in [3.05, 3.63) is 71.0 Å². The highest BCUT2D eigenvalue weighted by atomic mass is 19.1. The standard InChI is InChI=1S/C19H21FN2O2/c1-13-7-6-9-15(11-13)18(23)21-14(2)19(24)22(3)12-16-8-4-5-10-17(16)20/h4-11,14H,12H2,1-3H3,(H,21,23). The fourth-order valence-corrected chi connectivity index (χ4v) is 2.42. The molecular formula is C19H21FN2O2. The lowest BCUT2D eigenvalue weighted by Crippen LogP contribution is -2.45. The minimum Gasteiger partial charge on any atom is -0.341 e. The molecule has 1 atom stereocenters. The predicted molar refractivity (Wildman–Crippen MR) is 91.0 cm³/mol. The van der Waals surface area contributed by atoms with Crippen molar-refractivity contribution in [1.29, 1.82) is 0 Å². The number of likely N-dealkylation sites (N-methyl/N-ethyl adjacent to an activating group) is 1. The van der Waals surface area contributed by atoms with E-state index >= 15 is 0 Å². The van der Waals surface area contributed by atoms with Crippen LogP contribution < -0.4 is 5.32 Å². The number of aryl methyl sites for hydroxylation is 1. The number of nitrogens with zero attached hydrogens (tertiary/aromatic N) is 1. The third-order valence-electron chi connectivity index (χ3n) is 3.74. The van der Waals surface area contributed by atoms with Gasteiger partial charge in [0.25, 0.3) is 5.91 Å². The highest BCUT2D eigenvalue weighted by molar-refractivity contribution is 5.97. The molecule has 2 amide bonds. The summed E-state index contributed by atoms with van der Waals surface area (Å²) in [5.41, 5.74) is 1.91. The fraction of sp³-hybridized carbons (Fsp3) is 0.263. The van der Waals surface area contributed by atoms with Crippen LogP contribution in [0.1, 0.15) is 28.4 Å². The molecule has 0 aromatic heterocycles. The van der Waals surface area contributed by atoms with E-state index in [-0.39, 0.29) is 24.2 Å². The first-order chi connectivity index (χ1) is 11.4. The average molecular weight is 328 g/mol. The van der Waals surface area contributed by atoms with Crippen molar-refractivity contribution in [2.24, 2.45) is 0 Å². The SMILES string of the molecule is Cc1cccc(C(=O)NC(C)C(=O)N(C)Cc2ccccc2F)c1. The van der Waals surface area contributed by atoms with Gasteiger partial charge in [0.05, 0.1) is 0 Å². The highest BCUT2D eigenvalue weighted by Crippen LogP contribution is 2.10. The monoisotopic (exact) mass is 328 g/mol. The van der Waals surface area contributed by atoms with Crippen molar-refractivity contribution in [2.45, 2.75) is 26.4 Å². The van der Waals surface area contributed by atoms with E-state index in [4.69, 9.17) is 0 Å². The Balaban J connectivity index is 1.98. The fourth-order valence-electron chi connectivity index (χ4n) is 2.42. The first-order valence-corrected chi connectivity index (χ1v) is 7.74. The second-order valence-electron chi connectivity index (χ2n) is 5.85. The molecule has 5 heteroatoms. The second kappa shape index (κ2) is 7.73. The Labute approximate surface area is 141 Å². The number of hydrogen-bond acceptors (Lipinski definition) is 2. The average Bonchev–Trinajstić information content (AvgIpc) is 2.56. The molecule has 24 heavy (non-hydrogen) atoms. The molecule has 0 saturated carbocycles. The van der Waals surface area contributed by atoms with E-state index in [1.165, 1.54) is 11.0 Å². The Morgan fingerprint density at radius 2 is 1.88 bits per heavy atom. The molecule has 0 heterocycles. The molecule has 0 aliphatic carbocycles. The normalized spacial score (nSPS) is 11.7. The zero-order valence-corrected chi connectivity index (χ0v) is 14.0. The topological polar surface area (TPSA) is 49.4 Å². The molecule has 2 aromatic carbocycles. The molecule has 2 aromatic rings. The lowest BCUT2D eigenvalue weighted by Gasteiger charge is -2.22. The van der Waals surface area contributed by atoms with E-state index in [0.717, 1.165) is 5.56 Å². The van der Waals surface area contributed by atoms with Crippen molar-refractivity contribution in [1.82, 2.24) is 10.2 Å². The van der Waals surface area contributed by atoms with Crippen LogP contribution >= 0.6 is 0 Å². The van der Waals surface area contributed by atoms with Crippen LogP contribution in [0.3, 0.4) is 0 Å². The predicted octanol–water partition coefficient (Wildman–Crippen LogP) is 2.91. The van der Waals surface area contributed by atoms with E-state index in [2.05, 4.69) is 5.32 Å². The lowest BCUT2D eigenvalue weighted by molar-refractivity contribution is -0.132. The Bertz CT molecular complexity index is 746. The molecule has 2 rings (SSSR count). The summed E-state index contributed by atoms with van der Waals surface area (Å²) in [6, 6.07) is 12.8. The van der Waals surface area contributed by atoms with Crippen LogP contribution in [-0.4, -0.2) is 29.8 Å². The number of nitrogens with one attached hydrogen (secondary N) is 1. The van der Waals surface area contributed by atoms with Gasteiger partial charge in [0.1, 0.15) is 11.9 Å². The number of carbonyl (C=O) groups excluding carboxylic acids is 2. The van der Waals surface area contributed by atoms with Gasteiger partial charge in [0, 0.05) is 24.7 Å². The Morgan fingerprint density at radius 1 is 1.17 bits per heavy atom. The third kappa shape index (κ3) is 4.41. The Hall–Kier alpha value is -2.69. The quantitative estimate of drug-likeness (QED) is 0.917. The highest BCUT2D eigenvalue weighted by Gasteiger charge is 2.21. The molecule has 126 valence electrons. The van der Waals surface area contributed by atoms with Crippen LogP contribution in [0, 0.1) is 12.7 Å². The largest absolute Gasteiger partial charge is 0.341 e. The number of carbonyl (C=O) groups is 2. The van der Waals surface area contributed by atoms with Gasteiger partial charge in [-0.1, -0.05) is 35.9 Å². The van der Waals surface area contributed by atoms with Gasteiger partial charge in [-0.25, -0.2) is 4.39 Å². The number of amides is 2.